The maximum absolute atomic E-state index is 13.0. The van der Waals surface area contributed by atoms with Crippen molar-refractivity contribution in [1.29, 1.82) is 5.26 Å². The molecule has 0 aliphatic heterocycles. The summed E-state index contributed by atoms with van der Waals surface area (Å²) in [5, 5.41) is 21.9. The lowest BCUT2D eigenvalue weighted by Gasteiger charge is -2.13. The summed E-state index contributed by atoms with van der Waals surface area (Å²) in [6.07, 6.45) is 3.37. The Bertz CT molecular complexity index is 1410. The van der Waals surface area contributed by atoms with Gasteiger partial charge >= 0.3 is 0 Å². The topological polar surface area (TPSA) is 102 Å². The molecule has 9 heteroatoms. The van der Waals surface area contributed by atoms with Gasteiger partial charge in [-0.05, 0) is 38.0 Å². The number of hydrogen-bond donors (Lipinski definition) is 1. The number of allylic oxidation sites excluding steroid dienone is 1. The minimum absolute atomic E-state index is 0.110. The minimum atomic E-state index is -0.229. The van der Waals surface area contributed by atoms with Gasteiger partial charge in [0.1, 0.15) is 17.6 Å². The van der Waals surface area contributed by atoms with Gasteiger partial charge in [0, 0.05) is 18.8 Å². The van der Waals surface area contributed by atoms with Crippen LogP contribution in [0.25, 0.3) is 11.4 Å². The van der Waals surface area contributed by atoms with Crippen molar-refractivity contribution in [2.75, 3.05) is 11.1 Å². The van der Waals surface area contributed by atoms with Crippen molar-refractivity contribution in [2.45, 2.75) is 39.0 Å². The van der Waals surface area contributed by atoms with Gasteiger partial charge < -0.3 is 14.3 Å². The number of amides is 1. The van der Waals surface area contributed by atoms with Crippen molar-refractivity contribution in [3.8, 4) is 17.5 Å². The Morgan fingerprint density at radius 1 is 1.20 bits per heavy atom. The van der Waals surface area contributed by atoms with E-state index in [0.717, 1.165) is 28.1 Å². The highest BCUT2D eigenvalue weighted by Crippen LogP contribution is 2.29. The second kappa shape index (κ2) is 10.5. The van der Waals surface area contributed by atoms with E-state index in [-0.39, 0.29) is 11.7 Å². The Morgan fingerprint density at radius 3 is 2.63 bits per heavy atom. The average Bonchev–Trinajstić information content (AvgIpc) is 3.51. The molecular formula is C26H26N6O2S. The van der Waals surface area contributed by atoms with E-state index >= 15 is 0 Å². The Morgan fingerprint density at radius 2 is 1.97 bits per heavy atom. The van der Waals surface area contributed by atoms with Gasteiger partial charge in [-0.1, -0.05) is 48.2 Å². The lowest BCUT2D eigenvalue weighted by atomic mass is 10.2. The third-order valence-electron chi connectivity index (χ3n) is 5.84. The van der Waals surface area contributed by atoms with E-state index in [1.54, 1.807) is 12.3 Å². The Balaban J connectivity index is 1.54. The predicted octanol–water partition coefficient (Wildman–Crippen LogP) is 5.10. The van der Waals surface area contributed by atoms with Crippen LogP contribution in [0.2, 0.25) is 0 Å². The Kier molecular flexibility index (Phi) is 7.22. The molecule has 1 aromatic carbocycles. The summed E-state index contributed by atoms with van der Waals surface area (Å²) in [6.45, 7) is 10.6. The van der Waals surface area contributed by atoms with E-state index in [0.29, 0.717) is 35.5 Å². The van der Waals surface area contributed by atoms with Crippen molar-refractivity contribution >= 4 is 23.5 Å². The quantitative estimate of drug-likeness (QED) is 0.261. The zero-order valence-electron chi connectivity index (χ0n) is 19.9. The summed E-state index contributed by atoms with van der Waals surface area (Å²) < 4.78 is 9.28. The second-order valence-corrected chi connectivity index (χ2v) is 8.99. The van der Waals surface area contributed by atoms with Crippen LogP contribution in [0.3, 0.4) is 0 Å². The second-order valence-electron chi connectivity index (χ2n) is 8.05. The number of aromatic nitrogens is 4. The highest BCUT2D eigenvalue weighted by molar-refractivity contribution is 7.99. The standard InChI is InChI=1S/C26H26N6O2S/c1-5-12-31-25(21-11-13-34-19(21)4)29-30-26(31)35-16-23(33)28-24-22(14-27)17(2)18(3)32(24)15-20-9-7-6-8-10-20/h5-11,13H,1,12,15-16H2,2-4H3,(H,28,33). The van der Waals surface area contributed by atoms with E-state index in [1.165, 1.54) is 11.8 Å². The number of anilines is 1. The van der Waals surface area contributed by atoms with Crippen LogP contribution in [0.5, 0.6) is 0 Å². The van der Waals surface area contributed by atoms with Crippen LogP contribution in [0.1, 0.15) is 28.1 Å². The number of carbonyl (C=O) groups is 1. The Hall–Kier alpha value is -4.03. The fraction of sp³-hybridized carbons (Fsp3) is 0.231. The molecule has 0 aliphatic carbocycles. The van der Waals surface area contributed by atoms with Crippen LogP contribution in [0, 0.1) is 32.1 Å². The minimum Gasteiger partial charge on any atom is -0.469 e. The molecule has 0 saturated carbocycles. The first-order valence-corrected chi connectivity index (χ1v) is 12.1. The maximum Gasteiger partial charge on any atom is 0.235 e. The molecule has 178 valence electrons. The highest BCUT2D eigenvalue weighted by atomic mass is 32.2. The van der Waals surface area contributed by atoms with E-state index in [4.69, 9.17) is 4.42 Å². The molecule has 35 heavy (non-hydrogen) atoms. The van der Waals surface area contributed by atoms with Crippen LogP contribution in [-0.4, -0.2) is 31.0 Å². The van der Waals surface area contributed by atoms with E-state index in [1.807, 2.05) is 66.3 Å². The van der Waals surface area contributed by atoms with E-state index < -0.39 is 0 Å². The van der Waals surface area contributed by atoms with Gasteiger partial charge in [0.2, 0.25) is 5.91 Å². The number of aryl methyl sites for hydroxylation is 1. The summed E-state index contributed by atoms with van der Waals surface area (Å²) in [5.41, 5.74) is 4.21. The number of nitrogens with one attached hydrogen (secondary N) is 1. The van der Waals surface area contributed by atoms with Crippen LogP contribution in [0.4, 0.5) is 5.82 Å². The molecule has 0 fully saturated rings. The van der Waals surface area contributed by atoms with Crippen LogP contribution < -0.4 is 5.32 Å². The molecule has 0 atom stereocenters. The van der Waals surface area contributed by atoms with Gasteiger partial charge in [-0.25, -0.2) is 0 Å². The van der Waals surface area contributed by atoms with Crippen molar-refractivity contribution in [3.63, 3.8) is 0 Å². The number of carbonyl (C=O) groups excluding carboxylic acids is 1. The molecular weight excluding hydrogens is 460 g/mol. The molecule has 0 aliphatic rings. The van der Waals surface area contributed by atoms with E-state index in [2.05, 4.69) is 28.2 Å². The lowest BCUT2D eigenvalue weighted by Crippen LogP contribution is -2.19. The van der Waals surface area contributed by atoms with Gasteiger partial charge in [-0.2, -0.15) is 5.26 Å². The number of thioether (sulfide) groups is 1. The molecule has 3 aromatic heterocycles. The van der Waals surface area contributed by atoms with Crippen LogP contribution in [-0.2, 0) is 17.9 Å². The number of hydrogen-bond acceptors (Lipinski definition) is 6. The molecule has 0 spiro atoms. The number of nitriles is 1. The number of furan rings is 1. The molecule has 3 heterocycles. The summed E-state index contributed by atoms with van der Waals surface area (Å²) in [7, 11) is 0. The molecule has 4 rings (SSSR count). The van der Waals surface area contributed by atoms with Gasteiger partial charge in [0.25, 0.3) is 0 Å². The maximum atomic E-state index is 13.0. The third-order valence-corrected chi connectivity index (χ3v) is 6.81. The Labute approximate surface area is 208 Å². The monoisotopic (exact) mass is 486 g/mol. The first-order valence-electron chi connectivity index (χ1n) is 11.1. The van der Waals surface area contributed by atoms with Gasteiger partial charge in [0.05, 0.1) is 23.1 Å². The summed E-state index contributed by atoms with van der Waals surface area (Å²) >= 11 is 1.28. The van der Waals surface area contributed by atoms with Crippen molar-refractivity contribution in [2.24, 2.45) is 0 Å². The normalized spacial score (nSPS) is 10.8. The average molecular weight is 487 g/mol. The number of benzene rings is 1. The van der Waals surface area contributed by atoms with Gasteiger partial charge in [-0.15, -0.1) is 16.8 Å². The molecule has 1 amide bonds. The molecule has 0 radical (unpaired) electrons. The predicted molar refractivity (Wildman–Crippen MR) is 136 cm³/mol. The molecule has 0 saturated heterocycles. The van der Waals surface area contributed by atoms with Crippen LogP contribution in [0.15, 0.2) is 64.9 Å². The van der Waals surface area contributed by atoms with Crippen molar-refractivity contribution in [1.82, 2.24) is 19.3 Å². The fourth-order valence-electron chi connectivity index (χ4n) is 3.90. The van der Waals surface area contributed by atoms with Crippen molar-refractivity contribution < 1.29 is 9.21 Å². The van der Waals surface area contributed by atoms with Crippen LogP contribution >= 0.6 is 11.8 Å². The molecule has 1 N–H and O–H groups in total. The van der Waals surface area contributed by atoms with Gasteiger partial charge in [-0.3, -0.25) is 9.36 Å². The van der Waals surface area contributed by atoms with Gasteiger partial charge in [0.15, 0.2) is 11.0 Å². The molecule has 0 bridgehead atoms. The third kappa shape index (κ3) is 4.93. The first-order chi connectivity index (χ1) is 16.9. The highest BCUT2D eigenvalue weighted by Gasteiger charge is 2.21. The molecule has 8 nitrogen and oxygen atoms in total. The summed E-state index contributed by atoms with van der Waals surface area (Å²) in [5.74, 6) is 1.80. The smallest absolute Gasteiger partial charge is 0.235 e. The lowest BCUT2D eigenvalue weighted by molar-refractivity contribution is -0.113. The fourth-order valence-corrected chi connectivity index (χ4v) is 4.65. The SMILES string of the molecule is C=CCn1c(SCC(=O)Nc2c(C#N)c(C)c(C)n2Cc2ccccc2)nnc1-c1ccoc1C. The number of nitrogens with zero attached hydrogens (tertiary/aromatic N) is 5. The largest absolute Gasteiger partial charge is 0.469 e. The molecule has 0 unspecified atom stereocenters. The summed E-state index contributed by atoms with van der Waals surface area (Å²) in [6, 6.07) is 14.0. The van der Waals surface area contributed by atoms with E-state index in [9.17, 15) is 10.1 Å². The zero-order valence-corrected chi connectivity index (χ0v) is 20.7. The molecule has 4 aromatic rings. The summed E-state index contributed by atoms with van der Waals surface area (Å²) in [4.78, 5) is 13.0. The van der Waals surface area contributed by atoms with Crippen molar-refractivity contribution in [3.05, 3.63) is 83.5 Å². The zero-order chi connectivity index (χ0) is 24.9. The first kappa shape index (κ1) is 24.1. The number of rotatable bonds is 9.